The summed E-state index contributed by atoms with van der Waals surface area (Å²) in [5, 5.41) is 11.1. The summed E-state index contributed by atoms with van der Waals surface area (Å²) in [6, 6.07) is 0. The highest BCUT2D eigenvalue weighted by atomic mass is 15.3. The highest BCUT2D eigenvalue weighted by Crippen LogP contribution is 2.30. The number of aromatic amines is 1. The van der Waals surface area contributed by atoms with E-state index in [9.17, 15) is 0 Å². The highest BCUT2D eigenvalue weighted by Gasteiger charge is 2.24. The molecule has 1 aromatic rings. The van der Waals surface area contributed by atoms with Crippen LogP contribution in [-0.2, 0) is 12.8 Å². The number of aryl methyl sites for hydroxylation is 1. The molecule has 1 aliphatic heterocycles. The van der Waals surface area contributed by atoms with Gasteiger partial charge in [0.05, 0.1) is 0 Å². The molecular weight excluding hydrogens is 200 g/mol. The molecular formula is C12H20N4. The van der Waals surface area contributed by atoms with Crippen LogP contribution in [-0.4, -0.2) is 36.4 Å². The first-order chi connectivity index (χ1) is 7.84. The molecule has 4 heteroatoms. The van der Waals surface area contributed by atoms with Crippen molar-refractivity contribution in [3.63, 3.8) is 0 Å². The first kappa shape index (κ1) is 10.1. The first-order valence-corrected chi connectivity index (χ1v) is 6.36. The summed E-state index contributed by atoms with van der Waals surface area (Å²) in [5.74, 6) is 2.04. The van der Waals surface area contributed by atoms with Crippen molar-refractivity contribution in [2.75, 3.05) is 31.1 Å². The molecule has 2 N–H and O–H groups in total. The lowest BCUT2D eigenvalue weighted by Gasteiger charge is -2.29. The molecule has 1 aromatic heterocycles. The number of nitrogens with zero attached hydrogens (tertiary/aromatic N) is 2. The fraction of sp³-hybridized carbons (Fsp3) is 0.750. The van der Waals surface area contributed by atoms with Crippen molar-refractivity contribution in [3.8, 4) is 0 Å². The fourth-order valence-electron chi connectivity index (χ4n) is 2.79. The summed E-state index contributed by atoms with van der Waals surface area (Å²) < 4.78 is 0. The molecule has 0 aromatic carbocycles. The predicted molar refractivity (Wildman–Crippen MR) is 64.9 cm³/mol. The van der Waals surface area contributed by atoms with Crippen molar-refractivity contribution in [1.82, 2.24) is 15.5 Å². The minimum Gasteiger partial charge on any atom is -0.352 e. The predicted octanol–water partition coefficient (Wildman–Crippen LogP) is 0.944. The maximum atomic E-state index is 4.53. The largest absolute Gasteiger partial charge is 0.352 e. The summed E-state index contributed by atoms with van der Waals surface area (Å²) in [7, 11) is 0. The van der Waals surface area contributed by atoms with Gasteiger partial charge in [-0.3, -0.25) is 5.10 Å². The number of H-pyrrole nitrogens is 1. The van der Waals surface area contributed by atoms with Gasteiger partial charge in [0.25, 0.3) is 0 Å². The monoisotopic (exact) mass is 220 g/mol. The molecule has 3 rings (SSSR count). The molecule has 2 aliphatic rings. The third-order valence-corrected chi connectivity index (χ3v) is 3.79. The second-order valence-corrected chi connectivity index (χ2v) is 5.09. The van der Waals surface area contributed by atoms with Crippen molar-refractivity contribution in [1.29, 1.82) is 0 Å². The number of anilines is 1. The molecule has 1 unspecified atom stereocenters. The molecule has 0 amide bonds. The van der Waals surface area contributed by atoms with Crippen LogP contribution < -0.4 is 10.2 Å². The van der Waals surface area contributed by atoms with Crippen LogP contribution >= 0.6 is 0 Å². The lowest BCUT2D eigenvalue weighted by atomic mass is 9.88. The minimum absolute atomic E-state index is 0.812. The van der Waals surface area contributed by atoms with E-state index in [4.69, 9.17) is 0 Å². The van der Waals surface area contributed by atoms with Crippen LogP contribution in [0.5, 0.6) is 0 Å². The van der Waals surface area contributed by atoms with Crippen LogP contribution in [0.25, 0.3) is 0 Å². The Bertz CT molecular complexity index is 365. The van der Waals surface area contributed by atoms with Gasteiger partial charge in [0.1, 0.15) is 0 Å². The summed E-state index contributed by atoms with van der Waals surface area (Å²) in [4.78, 5) is 2.42. The molecule has 0 bridgehead atoms. The van der Waals surface area contributed by atoms with Gasteiger partial charge in [-0.15, -0.1) is 0 Å². The van der Waals surface area contributed by atoms with Gasteiger partial charge >= 0.3 is 0 Å². The number of hydrogen-bond donors (Lipinski definition) is 2. The van der Waals surface area contributed by atoms with Crippen molar-refractivity contribution in [3.05, 3.63) is 11.3 Å². The lowest BCUT2D eigenvalue weighted by molar-refractivity contribution is 0.496. The maximum absolute atomic E-state index is 4.53. The number of nitrogens with one attached hydrogen (secondary N) is 2. The smallest absolute Gasteiger partial charge is 0.153 e. The maximum Gasteiger partial charge on any atom is 0.153 e. The average Bonchev–Trinajstić information content (AvgIpc) is 2.73. The fourth-order valence-corrected chi connectivity index (χ4v) is 2.79. The molecule has 1 saturated heterocycles. The van der Waals surface area contributed by atoms with Crippen molar-refractivity contribution in [2.45, 2.75) is 26.2 Å². The molecule has 88 valence electrons. The van der Waals surface area contributed by atoms with Gasteiger partial charge < -0.3 is 10.2 Å². The van der Waals surface area contributed by atoms with Crippen molar-refractivity contribution in [2.24, 2.45) is 5.92 Å². The molecule has 0 spiro atoms. The summed E-state index contributed by atoms with van der Waals surface area (Å²) in [6.45, 7) is 6.68. The van der Waals surface area contributed by atoms with E-state index in [1.165, 1.54) is 36.3 Å². The van der Waals surface area contributed by atoms with E-state index in [-0.39, 0.29) is 0 Å². The van der Waals surface area contributed by atoms with Crippen LogP contribution in [0.15, 0.2) is 0 Å². The SMILES string of the molecule is CC1CCc2[nH]nc(N3CCNCC3)c2C1. The van der Waals surface area contributed by atoms with Crippen LogP contribution in [0.2, 0.25) is 0 Å². The quantitative estimate of drug-likeness (QED) is 0.740. The molecule has 4 nitrogen and oxygen atoms in total. The van der Waals surface area contributed by atoms with Crippen molar-refractivity contribution < 1.29 is 0 Å². The molecule has 1 fully saturated rings. The topological polar surface area (TPSA) is 44.0 Å². The molecule has 1 aliphatic carbocycles. The summed E-state index contributed by atoms with van der Waals surface area (Å²) in [5.41, 5.74) is 2.87. The second kappa shape index (κ2) is 4.09. The van der Waals surface area contributed by atoms with E-state index in [1.807, 2.05) is 0 Å². The Morgan fingerprint density at radius 1 is 1.31 bits per heavy atom. The second-order valence-electron chi connectivity index (χ2n) is 5.09. The van der Waals surface area contributed by atoms with E-state index < -0.39 is 0 Å². The zero-order chi connectivity index (χ0) is 11.0. The summed E-state index contributed by atoms with van der Waals surface area (Å²) in [6.07, 6.45) is 3.68. The Morgan fingerprint density at radius 3 is 2.94 bits per heavy atom. The Morgan fingerprint density at radius 2 is 2.12 bits per heavy atom. The average molecular weight is 220 g/mol. The zero-order valence-corrected chi connectivity index (χ0v) is 9.92. The van der Waals surface area contributed by atoms with E-state index >= 15 is 0 Å². The number of aromatic nitrogens is 2. The van der Waals surface area contributed by atoms with Crippen LogP contribution in [0.4, 0.5) is 5.82 Å². The Labute approximate surface area is 96.4 Å². The van der Waals surface area contributed by atoms with E-state index in [2.05, 4.69) is 27.3 Å². The lowest BCUT2D eigenvalue weighted by Crippen LogP contribution is -2.44. The Kier molecular flexibility index (Phi) is 2.59. The molecule has 0 saturated carbocycles. The Hall–Kier alpha value is -1.03. The number of rotatable bonds is 1. The summed E-state index contributed by atoms with van der Waals surface area (Å²) >= 11 is 0. The molecule has 2 heterocycles. The standard InChI is InChI=1S/C12H20N4/c1-9-2-3-11-10(8-9)12(15-14-11)16-6-4-13-5-7-16/h9,13H,2-8H2,1H3,(H,14,15). The molecule has 1 atom stereocenters. The minimum atomic E-state index is 0.812. The van der Waals surface area contributed by atoms with Gasteiger partial charge in [-0.2, -0.15) is 5.10 Å². The van der Waals surface area contributed by atoms with Gasteiger partial charge in [-0.05, 0) is 25.2 Å². The number of hydrogen-bond acceptors (Lipinski definition) is 3. The van der Waals surface area contributed by atoms with Crippen LogP contribution in [0, 0.1) is 5.92 Å². The third kappa shape index (κ3) is 1.71. The van der Waals surface area contributed by atoms with E-state index in [0.717, 1.165) is 32.1 Å². The molecule has 0 radical (unpaired) electrons. The van der Waals surface area contributed by atoms with Crippen LogP contribution in [0.1, 0.15) is 24.6 Å². The molecule has 16 heavy (non-hydrogen) atoms. The van der Waals surface area contributed by atoms with E-state index in [0.29, 0.717) is 0 Å². The number of piperazine rings is 1. The van der Waals surface area contributed by atoms with Gasteiger partial charge in [0.15, 0.2) is 5.82 Å². The van der Waals surface area contributed by atoms with Gasteiger partial charge in [-0.25, -0.2) is 0 Å². The highest BCUT2D eigenvalue weighted by molar-refractivity contribution is 5.50. The van der Waals surface area contributed by atoms with E-state index in [1.54, 1.807) is 0 Å². The van der Waals surface area contributed by atoms with Gasteiger partial charge in [-0.1, -0.05) is 6.92 Å². The third-order valence-electron chi connectivity index (χ3n) is 3.79. The Balaban J connectivity index is 1.86. The van der Waals surface area contributed by atoms with Gasteiger partial charge in [0.2, 0.25) is 0 Å². The number of fused-ring (bicyclic) bond motifs is 1. The normalized spacial score (nSPS) is 25.6. The zero-order valence-electron chi connectivity index (χ0n) is 9.92. The van der Waals surface area contributed by atoms with Crippen molar-refractivity contribution >= 4 is 5.82 Å². The van der Waals surface area contributed by atoms with Crippen LogP contribution in [0.3, 0.4) is 0 Å². The van der Waals surface area contributed by atoms with Gasteiger partial charge in [0, 0.05) is 37.4 Å². The first-order valence-electron chi connectivity index (χ1n) is 6.36.